The summed E-state index contributed by atoms with van der Waals surface area (Å²) in [7, 11) is 0. The summed E-state index contributed by atoms with van der Waals surface area (Å²) >= 11 is 8.14. The highest BCUT2D eigenvalue weighted by molar-refractivity contribution is 7.99. The fraction of sp³-hybridized carbons (Fsp3) is 1.00. The molecule has 0 heterocycles. The first-order valence-electron chi connectivity index (χ1n) is 6.17. The van der Waals surface area contributed by atoms with Crippen LogP contribution in [0.3, 0.4) is 0 Å². The van der Waals surface area contributed by atoms with E-state index in [0.717, 1.165) is 19.0 Å². The minimum Gasteiger partial charge on any atom is -0.315 e. The Kier molecular flexibility index (Phi) is 7.11. The van der Waals surface area contributed by atoms with Gasteiger partial charge in [0.1, 0.15) is 0 Å². The summed E-state index contributed by atoms with van der Waals surface area (Å²) < 4.78 is 0. The van der Waals surface area contributed by atoms with Gasteiger partial charge >= 0.3 is 0 Å². The summed E-state index contributed by atoms with van der Waals surface area (Å²) in [6, 6.07) is 0. The lowest BCUT2D eigenvalue weighted by Crippen LogP contribution is -2.38. The van der Waals surface area contributed by atoms with E-state index >= 15 is 0 Å². The van der Waals surface area contributed by atoms with Crippen molar-refractivity contribution in [1.29, 1.82) is 0 Å². The lowest BCUT2D eigenvalue weighted by Gasteiger charge is -2.35. The molecular formula is C12H24ClNS. The number of nitrogens with one attached hydrogen (secondary N) is 1. The van der Waals surface area contributed by atoms with Crippen molar-refractivity contribution < 1.29 is 0 Å². The van der Waals surface area contributed by atoms with Crippen molar-refractivity contribution in [2.75, 3.05) is 30.5 Å². The number of hydrogen-bond acceptors (Lipinski definition) is 2. The Balaban J connectivity index is 2.15. The Morgan fingerprint density at radius 2 is 2.00 bits per heavy atom. The lowest BCUT2D eigenvalue weighted by molar-refractivity contribution is 0.214. The van der Waals surface area contributed by atoms with E-state index in [-0.39, 0.29) is 0 Å². The summed E-state index contributed by atoms with van der Waals surface area (Å²) in [6.45, 7) is 4.48. The van der Waals surface area contributed by atoms with Crippen molar-refractivity contribution in [1.82, 2.24) is 5.32 Å². The zero-order valence-electron chi connectivity index (χ0n) is 9.86. The van der Waals surface area contributed by atoms with Crippen molar-refractivity contribution in [2.45, 2.75) is 39.0 Å². The second-order valence-corrected chi connectivity index (χ2v) is 6.23. The minimum atomic E-state index is 0.413. The predicted molar refractivity (Wildman–Crippen MR) is 72.1 cm³/mol. The molecule has 1 fully saturated rings. The number of thioether (sulfide) groups is 1. The molecule has 0 amide bonds. The van der Waals surface area contributed by atoms with E-state index in [1.165, 1.54) is 43.6 Å². The SMILES string of the molecule is CCSCCNCC1(CCl)CCCCC1. The molecule has 0 saturated heterocycles. The molecule has 0 unspecified atom stereocenters. The lowest BCUT2D eigenvalue weighted by atomic mass is 9.75. The quantitative estimate of drug-likeness (QED) is 0.547. The zero-order valence-corrected chi connectivity index (χ0v) is 11.4. The Morgan fingerprint density at radius 3 is 2.60 bits per heavy atom. The average Bonchev–Trinajstić information content (AvgIpc) is 2.30. The van der Waals surface area contributed by atoms with Crippen LogP contribution in [-0.2, 0) is 0 Å². The van der Waals surface area contributed by atoms with Gasteiger partial charge in [-0.05, 0) is 24.0 Å². The molecule has 90 valence electrons. The van der Waals surface area contributed by atoms with Crippen LogP contribution in [0.5, 0.6) is 0 Å². The minimum absolute atomic E-state index is 0.413. The molecular weight excluding hydrogens is 226 g/mol. The highest BCUT2D eigenvalue weighted by Crippen LogP contribution is 2.36. The van der Waals surface area contributed by atoms with E-state index in [9.17, 15) is 0 Å². The molecule has 15 heavy (non-hydrogen) atoms. The van der Waals surface area contributed by atoms with E-state index < -0.39 is 0 Å². The molecule has 0 aliphatic heterocycles. The van der Waals surface area contributed by atoms with Crippen LogP contribution >= 0.6 is 23.4 Å². The molecule has 0 aromatic heterocycles. The largest absolute Gasteiger partial charge is 0.315 e. The monoisotopic (exact) mass is 249 g/mol. The molecule has 0 spiro atoms. The number of halogens is 1. The van der Waals surface area contributed by atoms with Gasteiger partial charge in [0.15, 0.2) is 0 Å². The van der Waals surface area contributed by atoms with E-state index in [2.05, 4.69) is 12.2 Å². The van der Waals surface area contributed by atoms with Crippen LogP contribution in [0.1, 0.15) is 39.0 Å². The fourth-order valence-electron chi connectivity index (χ4n) is 2.30. The Labute approximate surface area is 104 Å². The van der Waals surface area contributed by atoms with Gasteiger partial charge in [-0.25, -0.2) is 0 Å². The second-order valence-electron chi connectivity index (χ2n) is 4.57. The molecule has 0 atom stereocenters. The molecule has 0 bridgehead atoms. The van der Waals surface area contributed by atoms with Gasteiger partial charge in [-0.15, -0.1) is 11.6 Å². The summed E-state index contributed by atoms with van der Waals surface area (Å²) in [5.41, 5.74) is 0.413. The first-order valence-corrected chi connectivity index (χ1v) is 7.86. The van der Waals surface area contributed by atoms with Crippen molar-refractivity contribution in [3.8, 4) is 0 Å². The smallest absolute Gasteiger partial charge is 0.0292 e. The van der Waals surface area contributed by atoms with Gasteiger partial charge in [0, 0.05) is 24.7 Å². The molecule has 1 nitrogen and oxygen atoms in total. The third kappa shape index (κ3) is 4.97. The maximum Gasteiger partial charge on any atom is 0.0292 e. The van der Waals surface area contributed by atoms with Gasteiger partial charge in [0.2, 0.25) is 0 Å². The number of rotatable bonds is 7. The maximum absolute atomic E-state index is 6.13. The van der Waals surface area contributed by atoms with Gasteiger partial charge in [-0.1, -0.05) is 26.2 Å². The summed E-state index contributed by atoms with van der Waals surface area (Å²) in [4.78, 5) is 0. The summed E-state index contributed by atoms with van der Waals surface area (Å²) in [5, 5.41) is 3.58. The van der Waals surface area contributed by atoms with Gasteiger partial charge in [0.25, 0.3) is 0 Å². The van der Waals surface area contributed by atoms with Crippen LogP contribution in [0.25, 0.3) is 0 Å². The highest BCUT2D eigenvalue weighted by Gasteiger charge is 2.30. The maximum atomic E-state index is 6.13. The molecule has 1 aliphatic rings. The standard InChI is InChI=1S/C12H24ClNS/c1-2-15-9-8-14-11-12(10-13)6-4-3-5-7-12/h14H,2-11H2,1H3. The van der Waals surface area contributed by atoms with E-state index in [4.69, 9.17) is 11.6 Å². The number of alkyl halides is 1. The average molecular weight is 250 g/mol. The first kappa shape index (κ1) is 13.7. The van der Waals surface area contributed by atoms with Crippen LogP contribution in [0.4, 0.5) is 0 Å². The van der Waals surface area contributed by atoms with E-state index in [1.807, 2.05) is 11.8 Å². The summed E-state index contributed by atoms with van der Waals surface area (Å²) in [5.74, 6) is 3.29. The van der Waals surface area contributed by atoms with Crippen molar-refractivity contribution in [3.05, 3.63) is 0 Å². The van der Waals surface area contributed by atoms with E-state index in [0.29, 0.717) is 5.41 Å². The molecule has 3 heteroatoms. The molecule has 1 aliphatic carbocycles. The van der Waals surface area contributed by atoms with Crippen LogP contribution in [0.15, 0.2) is 0 Å². The van der Waals surface area contributed by atoms with Crippen LogP contribution in [0.2, 0.25) is 0 Å². The predicted octanol–water partition coefficient (Wildman–Crippen LogP) is 3.52. The first-order chi connectivity index (χ1) is 7.33. The zero-order chi connectivity index (χ0) is 11.0. The van der Waals surface area contributed by atoms with E-state index in [1.54, 1.807) is 0 Å². The Morgan fingerprint density at radius 1 is 1.27 bits per heavy atom. The van der Waals surface area contributed by atoms with Crippen LogP contribution in [-0.4, -0.2) is 30.5 Å². The van der Waals surface area contributed by atoms with Crippen molar-refractivity contribution in [3.63, 3.8) is 0 Å². The topological polar surface area (TPSA) is 12.0 Å². The number of hydrogen-bond donors (Lipinski definition) is 1. The Bertz CT molecular complexity index is 158. The molecule has 1 rings (SSSR count). The highest BCUT2D eigenvalue weighted by atomic mass is 35.5. The molecule has 1 saturated carbocycles. The van der Waals surface area contributed by atoms with Gasteiger partial charge < -0.3 is 5.32 Å². The van der Waals surface area contributed by atoms with Gasteiger partial charge in [-0.3, -0.25) is 0 Å². The second kappa shape index (κ2) is 7.81. The van der Waals surface area contributed by atoms with Gasteiger partial charge in [-0.2, -0.15) is 11.8 Å². The van der Waals surface area contributed by atoms with Gasteiger partial charge in [0.05, 0.1) is 0 Å². The Hall–Kier alpha value is 0.600. The third-order valence-electron chi connectivity index (χ3n) is 3.32. The van der Waals surface area contributed by atoms with Crippen molar-refractivity contribution in [2.24, 2.45) is 5.41 Å². The fourth-order valence-corrected chi connectivity index (χ4v) is 3.24. The van der Waals surface area contributed by atoms with Crippen molar-refractivity contribution >= 4 is 23.4 Å². The third-order valence-corrected chi connectivity index (χ3v) is 4.79. The summed E-state index contributed by atoms with van der Waals surface area (Å²) in [6.07, 6.45) is 6.80. The van der Waals surface area contributed by atoms with Crippen LogP contribution in [0, 0.1) is 5.41 Å². The molecule has 0 aromatic carbocycles. The molecule has 1 N–H and O–H groups in total. The molecule has 0 radical (unpaired) electrons. The normalized spacial score (nSPS) is 20.4. The molecule has 0 aromatic rings. The van der Waals surface area contributed by atoms with Crippen LogP contribution < -0.4 is 5.32 Å².